The maximum absolute atomic E-state index is 13.9. The minimum Gasteiger partial charge on any atom is -0.512 e. The Bertz CT molecular complexity index is 1810. The van der Waals surface area contributed by atoms with Gasteiger partial charge in [-0.1, -0.05) is 13.8 Å². The molecule has 1 saturated carbocycles. The molecule has 1 fully saturated rings. The number of phenols is 2. The van der Waals surface area contributed by atoms with Crippen molar-refractivity contribution < 1.29 is 68.8 Å². The van der Waals surface area contributed by atoms with Crippen molar-refractivity contribution in [2.24, 2.45) is 17.8 Å². The summed E-state index contributed by atoms with van der Waals surface area (Å²) < 4.78 is 21.5. The molecule has 2 aliphatic carbocycles. The van der Waals surface area contributed by atoms with Gasteiger partial charge in [0.15, 0.2) is 11.6 Å². The fourth-order valence-corrected chi connectivity index (χ4v) is 7.06. The number of fused-ring (bicyclic) bond motifs is 4. The second-order valence-electron chi connectivity index (χ2n) is 11.9. The number of ketones is 2. The largest absolute Gasteiger partial charge is 0.512 e. The molecular weight excluding hydrogens is 608 g/mol. The Morgan fingerprint density at radius 1 is 0.826 bits per heavy atom. The number of Topliss-reactive ketones (excluding diaryl/α,β-unsaturated/α-hetero) is 2. The van der Waals surface area contributed by atoms with Gasteiger partial charge in [0.25, 0.3) is 5.60 Å². The number of phenolic OH excluding ortho intramolecular Hbond substituents is 2. The zero-order chi connectivity index (χ0) is 33.6. The van der Waals surface area contributed by atoms with E-state index in [4.69, 9.17) is 18.9 Å². The molecule has 2 heterocycles. The van der Waals surface area contributed by atoms with Crippen LogP contribution in [0.5, 0.6) is 23.0 Å². The lowest BCUT2D eigenvalue weighted by atomic mass is 9.67. The van der Waals surface area contributed by atoms with E-state index in [1.165, 1.54) is 44.2 Å². The Morgan fingerprint density at radius 3 is 1.98 bits per heavy atom. The number of aromatic hydroxyl groups is 2. The topological polar surface area (TPSA) is 227 Å². The van der Waals surface area contributed by atoms with Gasteiger partial charge in [0, 0.05) is 23.5 Å². The lowest BCUT2D eigenvalue weighted by Crippen LogP contribution is -2.67. The fraction of sp³-hybridized carbons (Fsp3) is 0.375. The molecule has 14 nitrogen and oxygen atoms in total. The molecule has 0 saturated heterocycles. The van der Waals surface area contributed by atoms with Gasteiger partial charge in [0.05, 0.1) is 19.8 Å². The van der Waals surface area contributed by atoms with Crippen LogP contribution in [0.3, 0.4) is 0 Å². The summed E-state index contributed by atoms with van der Waals surface area (Å²) in [6.45, 7) is 3.01. The normalized spacial score (nSPS) is 31.3. The molecule has 2 aromatic rings. The van der Waals surface area contributed by atoms with Crippen LogP contribution >= 0.6 is 0 Å². The number of ether oxygens (including phenoxy) is 4. The van der Waals surface area contributed by atoms with Crippen molar-refractivity contribution in [1.82, 2.24) is 0 Å². The van der Waals surface area contributed by atoms with Crippen molar-refractivity contribution in [3.63, 3.8) is 0 Å². The smallest absolute Gasteiger partial charge is 0.358 e. The Hall–Kier alpha value is -5.08. The molecular formula is C32H30O14. The Labute approximate surface area is 260 Å². The number of rotatable bonds is 3. The summed E-state index contributed by atoms with van der Waals surface area (Å²) in [6.07, 6.45) is -2.30. The predicted octanol–water partition coefficient (Wildman–Crippen LogP) is 1.86. The zero-order valence-corrected chi connectivity index (χ0v) is 24.9. The van der Waals surface area contributed by atoms with Gasteiger partial charge in [0.2, 0.25) is 5.60 Å². The van der Waals surface area contributed by atoms with E-state index >= 15 is 0 Å². The van der Waals surface area contributed by atoms with E-state index in [9.17, 15) is 49.8 Å². The van der Waals surface area contributed by atoms with Crippen molar-refractivity contribution in [3.8, 4) is 34.1 Å². The number of hydrogen-bond acceptors (Lipinski definition) is 14. The summed E-state index contributed by atoms with van der Waals surface area (Å²) in [7, 11) is 2.04. The molecule has 6 rings (SSSR count). The zero-order valence-electron chi connectivity index (χ0n) is 24.9. The summed E-state index contributed by atoms with van der Waals surface area (Å²) in [6, 6.07) is 4.88. The molecule has 0 radical (unpaired) electrons. The number of hydrogen-bond donors (Lipinski definition) is 6. The van der Waals surface area contributed by atoms with Crippen molar-refractivity contribution in [1.29, 1.82) is 0 Å². The lowest BCUT2D eigenvalue weighted by molar-refractivity contribution is -0.182. The third kappa shape index (κ3) is 3.70. The van der Waals surface area contributed by atoms with Crippen molar-refractivity contribution in [2.75, 3.05) is 14.2 Å². The van der Waals surface area contributed by atoms with Gasteiger partial charge < -0.3 is 49.6 Å². The minimum atomic E-state index is -2.42. The van der Waals surface area contributed by atoms with Gasteiger partial charge in [-0.15, -0.1) is 0 Å². The number of benzene rings is 2. The number of aliphatic hydroxyl groups excluding tert-OH is 4. The molecule has 7 unspecified atom stereocenters. The highest BCUT2D eigenvalue weighted by molar-refractivity contribution is 6.13. The molecule has 0 bridgehead atoms. The summed E-state index contributed by atoms with van der Waals surface area (Å²) in [5.74, 6) is -10.9. The molecule has 2 aromatic carbocycles. The van der Waals surface area contributed by atoms with Crippen molar-refractivity contribution in [3.05, 3.63) is 52.8 Å². The van der Waals surface area contributed by atoms with Gasteiger partial charge in [-0.05, 0) is 36.3 Å². The number of aliphatic hydroxyl groups is 4. The van der Waals surface area contributed by atoms with E-state index in [1.807, 2.05) is 0 Å². The van der Waals surface area contributed by atoms with Crippen LogP contribution in [0.15, 0.2) is 41.7 Å². The highest BCUT2D eigenvalue weighted by Crippen LogP contribution is 2.55. The van der Waals surface area contributed by atoms with E-state index in [0.29, 0.717) is 0 Å². The second kappa shape index (κ2) is 10.2. The highest BCUT2D eigenvalue weighted by atomic mass is 16.6. The Morgan fingerprint density at radius 2 is 1.39 bits per heavy atom. The van der Waals surface area contributed by atoms with Gasteiger partial charge in [-0.2, -0.15) is 0 Å². The average molecular weight is 639 g/mol. The van der Waals surface area contributed by atoms with E-state index in [0.717, 1.165) is 14.2 Å². The Kier molecular flexibility index (Phi) is 6.87. The summed E-state index contributed by atoms with van der Waals surface area (Å²) in [5, 5.41) is 67.1. The SMILES string of the molecule is COC(=O)C12Oc3ccc(-c4ccc5c(c4O)C(=O)C4C(O)=CC(C)C(O)C4(C(=O)OC)O5)c(O)c3C(O)=C1C(=O)CC(C)C2O. The van der Waals surface area contributed by atoms with Gasteiger partial charge >= 0.3 is 11.9 Å². The predicted molar refractivity (Wildman–Crippen MR) is 154 cm³/mol. The molecule has 4 aliphatic rings. The molecule has 0 spiro atoms. The molecule has 242 valence electrons. The quantitative estimate of drug-likeness (QED) is 0.264. The molecule has 46 heavy (non-hydrogen) atoms. The van der Waals surface area contributed by atoms with E-state index in [2.05, 4.69) is 0 Å². The van der Waals surface area contributed by atoms with Gasteiger partial charge in [0.1, 0.15) is 63.8 Å². The van der Waals surface area contributed by atoms with Gasteiger partial charge in [-0.3, -0.25) is 9.59 Å². The summed E-state index contributed by atoms with van der Waals surface area (Å²) >= 11 is 0. The molecule has 7 atom stereocenters. The first-order valence-electron chi connectivity index (χ1n) is 14.2. The van der Waals surface area contributed by atoms with Crippen LogP contribution in [-0.4, -0.2) is 91.8 Å². The number of carbonyl (C=O) groups excluding carboxylic acids is 4. The Balaban J connectivity index is 1.52. The first-order chi connectivity index (χ1) is 21.7. The maximum Gasteiger partial charge on any atom is 0.358 e. The molecule has 14 heteroatoms. The van der Waals surface area contributed by atoms with Crippen LogP contribution in [0, 0.1) is 17.8 Å². The molecule has 2 aliphatic heterocycles. The molecule has 0 amide bonds. The first kappa shape index (κ1) is 30.9. The van der Waals surface area contributed by atoms with Crippen molar-refractivity contribution >= 4 is 29.3 Å². The first-order valence-corrected chi connectivity index (χ1v) is 14.2. The lowest BCUT2D eigenvalue weighted by Gasteiger charge is -2.47. The van der Waals surface area contributed by atoms with Crippen molar-refractivity contribution in [2.45, 2.75) is 43.7 Å². The summed E-state index contributed by atoms with van der Waals surface area (Å²) in [4.78, 5) is 53.1. The van der Waals surface area contributed by atoms with Crippen LogP contribution in [0.25, 0.3) is 16.9 Å². The van der Waals surface area contributed by atoms with E-state index < -0.39 is 104 Å². The molecule has 6 N–H and O–H groups in total. The monoisotopic (exact) mass is 638 g/mol. The van der Waals surface area contributed by atoms with Crippen LogP contribution < -0.4 is 9.47 Å². The standard InChI is InChI=1S/C32H30O14/c1-11-9-15(33)21-25(37)19-17(45-31(21,27(11)39)29(41)43-3)7-5-13(23(19)35)14-6-8-18-20(24(14)36)26(38)22-16(34)10-12(2)28(40)32(22,46-18)30(42)44-4/h5-9,11-12,21,27-28,33,35-36,38-40H,10H2,1-4H3. The van der Waals surface area contributed by atoms with Crippen LogP contribution in [0.2, 0.25) is 0 Å². The second-order valence-corrected chi connectivity index (χ2v) is 11.9. The van der Waals surface area contributed by atoms with Crippen LogP contribution in [0.4, 0.5) is 0 Å². The summed E-state index contributed by atoms with van der Waals surface area (Å²) in [5.41, 5.74) is -6.67. The third-order valence-corrected chi connectivity index (χ3v) is 9.30. The number of esters is 2. The number of methoxy groups -OCH3 is 2. The van der Waals surface area contributed by atoms with Crippen LogP contribution in [-0.2, 0) is 23.9 Å². The third-order valence-electron chi connectivity index (χ3n) is 9.30. The molecule has 0 aromatic heterocycles. The minimum absolute atomic E-state index is 0.174. The maximum atomic E-state index is 13.9. The fourth-order valence-electron chi connectivity index (χ4n) is 7.06. The van der Waals surface area contributed by atoms with Crippen LogP contribution in [0.1, 0.15) is 36.2 Å². The number of carbonyl (C=O) groups is 4. The average Bonchev–Trinajstić information content (AvgIpc) is 3.01. The van der Waals surface area contributed by atoms with E-state index in [1.54, 1.807) is 0 Å². The van der Waals surface area contributed by atoms with Gasteiger partial charge in [-0.25, -0.2) is 9.59 Å². The van der Waals surface area contributed by atoms with E-state index in [-0.39, 0.29) is 29.0 Å². The highest BCUT2D eigenvalue weighted by Gasteiger charge is 2.66.